The van der Waals surface area contributed by atoms with E-state index in [9.17, 15) is 4.79 Å². The third-order valence-corrected chi connectivity index (χ3v) is 2.42. The topological polar surface area (TPSA) is 64.8 Å². The fourth-order valence-corrected chi connectivity index (χ4v) is 1.57. The normalized spacial score (nSPS) is 10.4. The number of halogens is 1. The van der Waals surface area contributed by atoms with Gasteiger partial charge in [-0.1, -0.05) is 11.6 Å². The van der Waals surface area contributed by atoms with Gasteiger partial charge in [-0.05, 0) is 6.07 Å². The van der Waals surface area contributed by atoms with Crippen molar-refractivity contribution in [2.45, 2.75) is 6.54 Å². The Bertz CT molecular complexity index is 477. The van der Waals surface area contributed by atoms with Crippen molar-refractivity contribution < 1.29 is 4.79 Å². The molecular weight excluding hydrogens is 228 g/mol. The van der Waals surface area contributed by atoms with Gasteiger partial charge in [0.1, 0.15) is 5.69 Å². The van der Waals surface area contributed by atoms with Crippen LogP contribution in [0.1, 0.15) is 16.1 Å². The minimum absolute atomic E-state index is 0.104. The van der Waals surface area contributed by atoms with Crippen LogP contribution in [0.25, 0.3) is 0 Å². The monoisotopic (exact) mass is 238 g/mol. The van der Waals surface area contributed by atoms with Crippen molar-refractivity contribution in [3.8, 4) is 0 Å². The van der Waals surface area contributed by atoms with E-state index in [4.69, 9.17) is 11.6 Å². The molecule has 0 bridgehead atoms. The first-order valence-electron chi connectivity index (χ1n) is 4.74. The van der Waals surface area contributed by atoms with Crippen LogP contribution >= 0.6 is 11.6 Å². The van der Waals surface area contributed by atoms with Crippen LogP contribution in [0.15, 0.2) is 24.7 Å². The molecule has 2 heterocycles. The maximum atomic E-state index is 11.9. The standard InChI is InChI=1S/C10H11ClN4O/c1-15(6-7-3-13-14-4-7)10(16)9-2-8(11)5-12-9/h2-5,12H,6H2,1H3,(H,13,14). The molecule has 0 aromatic carbocycles. The van der Waals surface area contributed by atoms with Gasteiger partial charge >= 0.3 is 0 Å². The van der Waals surface area contributed by atoms with Gasteiger partial charge in [0.25, 0.3) is 5.91 Å². The van der Waals surface area contributed by atoms with Crippen molar-refractivity contribution in [3.05, 3.63) is 40.9 Å². The second-order valence-electron chi connectivity index (χ2n) is 3.50. The maximum Gasteiger partial charge on any atom is 0.270 e. The maximum absolute atomic E-state index is 11.9. The number of nitrogens with one attached hydrogen (secondary N) is 2. The van der Waals surface area contributed by atoms with Crippen LogP contribution in [0.2, 0.25) is 5.02 Å². The van der Waals surface area contributed by atoms with Crippen molar-refractivity contribution in [2.75, 3.05) is 7.05 Å². The molecule has 0 aliphatic heterocycles. The van der Waals surface area contributed by atoms with Gasteiger partial charge in [0.2, 0.25) is 0 Å². The molecule has 0 aliphatic rings. The van der Waals surface area contributed by atoms with Gasteiger partial charge in [-0.3, -0.25) is 9.89 Å². The van der Waals surface area contributed by atoms with Crippen molar-refractivity contribution >= 4 is 17.5 Å². The molecule has 0 saturated carbocycles. The summed E-state index contributed by atoms with van der Waals surface area (Å²) in [6.45, 7) is 0.506. The summed E-state index contributed by atoms with van der Waals surface area (Å²) in [4.78, 5) is 16.3. The lowest BCUT2D eigenvalue weighted by Crippen LogP contribution is -2.26. The molecule has 0 atom stereocenters. The van der Waals surface area contributed by atoms with Crippen molar-refractivity contribution in [3.63, 3.8) is 0 Å². The summed E-state index contributed by atoms with van der Waals surface area (Å²) in [5.74, 6) is -0.104. The summed E-state index contributed by atoms with van der Waals surface area (Å²) in [5.41, 5.74) is 1.43. The van der Waals surface area contributed by atoms with Crippen LogP contribution in [0.3, 0.4) is 0 Å². The van der Waals surface area contributed by atoms with Crippen LogP contribution in [0.4, 0.5) is 0 Å². The molecule has 16 heavy (non-hydrogen) atoms. The summed E-state index contributed by atoms with van der Waals surface area (Å²) in [6.07, 6.45) is 5.03. The van der Waals surface area contributed by atoms with Gasteiger partial charge in [-0.15, -0.1) is 0 Å². The van der Waals surface area contributed by atoms with Crippen LogP contribution < -0.4 is 0 Å². The first-order chi connectivity index (χ1) is 7.66. The third-order valence-electron chi connectivity index (χ3n) is 2.20. The van der Waals surface area contributed by atoms with Crippen LogP contribution in [-0.2, 0) is 6.54 Å². The van der Waals surface area contributed by atoms with Gasteiger partial charge in [0, 0.05) is 31.5 Å². The first kappa shape index (κ1) is 10.8. The first-order valence-corrected chi connectivity index (χ1v) is 5.11. The summed E-state index contributed by atoms with van der Waals surface area (Å²) in [5, 5.41) is 7.05. The SMILES string of the molecule is CN(Cc1cn[nH]c1)C(=O)c1cc(Cl)c[nH]1. The van der Waals surface area contributed by atoms with Crippen molar-refractivity contribution in [1.82, 2.24) is 20.1 Å². The highest BCUT2D eigenvalue weighted by Crippen LogP contribution is 2.12. The molecule has 0 fully saturated rings. The molecule has 0 aliphatic carbocycles. The smallest absolute Gasteiger partial charge is 0.270 e. The van der Waals surface area contributed by atoms with Crippen LogP contribution in [-0.4, -0.2) is 33.0 Å². The zero-order valence-electron chi connectivity index (χ0n) is 8.70. The number of aromatic nitrogens is 3. The van der Waals surface area contributed by atoms with E-state index in [-0.39, 0.29) is 5.91 Å². The summed E-state index contributed by atoms with van der Waals surface area (Å²) < 4.78 is 0. The zero-order chi connectivity index (χ0) is 11.5. The van der Waals surface area contributed by atoms with Crippen molar-refractivity contribution in [1.29, 1.82) is 0 Å². The number of aromatic amines is 2. The zero-order valence-corrected chi connectivity index (χ0v) is 9.45. The molecule has 0 saturated heterocycles. The summed E-state index contributed by atoms with van der Waals surface area (Å²) in [6, 6.07) is 1.61. The number of hydrogen-bond donors (Lipinski definition) is 2. The second-order valence-corrected chi connectivity index (χ2v) is 3.94. The predicted molar refractivity (Wildman–Crippen MR) is 60.2 cm³/mol. The van der Waals surface area contributed by atoms with E-state index >= 15 is 0 Å². The lowest BCUT2D eigenvalue weighted by molar-refractivity contribution is 0.0780. The molecule has 5 nitrogen and oxygen atoms in total. The van der Waals surface area contributed by atoms with E-state index in [1.165, 1.54) is 0 Å². The number of H-pyrrole nitrogens is 2. The van der Waals surface area contributed by atoms with Crippen LogP contribution in [0.5, 0.6) is 0 Å². The summed E-state index contributed by atoms with van der Waals surface area (Å²) in [7, 11) is 1.73. The number of rotatable bonds is 3. The van der Waals surface area contributed by atoms with E-state index in [1.54, 1.807) is 36.6 Å². The van der Waals surface area contributed by atoms with E-state index in [0.29, 0.717) is 17.3 Å². The molecule has 1 amide bonds. The fourth-order valence-electron chi connectivity index (χ4n) is 1.41. The van der Waals surface area contributed by atoms with Gasteiger partial charge in [0.05, 0.1) is 11.2 Å². The number of hydrogen-bond acceptors (Lipinski definition) is 2. The van der Waals surface area contributed by atoms with Crippen molar-refractivity contribution in [2.24, 2.45) is 0 Å². The summed E-state index contributed by atoms with van der Waals surface area (Å²) >= 11 is 5.73. The Balaban J connectivity index is 2.05. The molecule has 2 aromatic heterocycles. The largest absolute Gasteiger partial charge is 0.356 e. The highest BCUT2D eigenvalue weighted by molar-refractivity contribution is 6.30. The average molecular weight is 239 g/mol. The van der Waals surface area contributed by atoms with Gasteiger partial charge in [-0.2, -0.15) is 5.10 Å². The lowest BCUT2D eigenvalue weighted by Gasteiger charge is -2.14. The Hall–Kier alpha value is -1.75. The molecule has 0 unspecified atom stereocenters. The average Bonchev–Trinajstić information content (AvgIpc) is 2.88. The highest BCUT2D eigenvalue weighted by atomic mass is 35.5. The van der Waals surface area contributed by atoms with E-state index < -0.39 is 0 Å². The highest BCUT2D eigenvalue weighted by Gasteiger charge is 2.13. The fraction of sp³-hybridized carbons (Fsp3) is 0.200. The minimum Gasteiger partial charge on any atom is -0.356 e. The Morgan fingerprint density at radius 3 is 2.94 bits per heavy atom. The molecule has 2 rings (SSSR count). The lowest BCUT2D eigenvalue weighted by atomic mass is 10.3. The second kappa shape index (κ2) is 4.40. The molecule has 84 valence electrons. The van der Waals surface area contributed by atoms with Gasteiger partial charge in [0.15, 0.2) is 0 Å². The number of nitrogens with zero attached hydrogens (tertiary/aromatic N) is 2. The van der Waals surface area contributed by atoms with Gasteiger partial charge in [-0.25, -0.2) is 0 Å². The van der Waals surface area contributed by atoms with E-state index in [1.807, 2.05) is 0 Å². The Morgan fingerprint density at radius 2 is 2.38 bits per heavy atom. The third kappa shape index (κ3) is 2.25. The Labute approximate surface area is 97.4 Å². The van der Waals surface area contributed by atoms with E-state index in [2.05, 4.69) is 15.2 Å². The number of carbonyl (C=O) groups excluding carboxylic acids is 1. The molecule has 2 N–H and O–H groups in total. The molecule has 0 spiro atoms. The molecule has 0 radical (unpaired) electrons. The van der Waals surface area contributed by atoms with Gasteiger partial charge < -0.3 is 9.88 Å². The molecular formula is C10H11ClN4O. The van der Waals surface area contributed by atoms with E-state index in [0.717, 1.165) is 5.56 Å². The Morgan fingerprint density at radius 1 is 1.56 bits per heavy atom. The molecule has 2 aromatic rings. The predicted octanol–water partition coefficient (Wildman–Crippen LogP) is 1.66. The van der Waals surface area contributed by atoms with Crippen LogP contribution in [0, 0.1) is 0 Å². The minimum atomic E-state index is -0.104. The number of amides is 1. The molecule has 6 heteroatoms. The quantitative estimate of drug-likeness (QED) is 0.854. The number of carbonyl (C=O) groups is 1. The Kier molecular flexibility index (Phi) is 2.96.